The number of aromatic nitrogens is 1. The first kappa shape index (κ1) is 16.3. The molecule has 20 heavy (non-hydrogen) atoms. The van der Waals surface area contributed by atoms with Crippen molar-refractivity contribution in [2.45, 2.75) is 59.2 Å². The Morgan fingerprint density at radius 3 is 2.35 bits per heavy atom. The average Bonchev–Trinajstić information content (AvgIpc) is 2.75. The minimum absolute atomic E-state index is 0.183. The summed E-state index contributed by atoms with van der Waals surface area (Å²) in [5.41, 5.74) is -0.0239. The van der Waals surface area contributed by atoms with E-state index in [4.69, 9.17) is 4.74 Å². The number of amides is 1. The fourth-order valence-electron chi connectivity index (χ4n) is 1.76. The van der Waals surface area contributed by atoms with Gasteiger partial charge in [-0.25, -0.2) is 4.79 Å². The number of hydrogen-bond acceptors (Lipinski definition) is 3. The van der Waals surface area contributed by atoms with Crippen molar-refractivity contribution in [2.75, 3.05) is 0 Å². The Labute approximate surface area is 120 Å². The van der Waals surface area contributed by atoms with E-state index in [2.05, 4.69) is 5.32 Å². The van der Waals surface area contributed by atoms with Gasteiger partial charge in [-0.2, -0.15) is 0 Å². The van der Waals surface area contributed by atoms with Crippen LogP contribution in [-0.2, 0) is 9.53 Å². The van der Waals surface area contributed by atoms with Crippen LogP contribution in [-0.4, -0.2) is 28.1 Å². The monoisotopic (exact) mass is 280 g/mol. The second-order valence-electron chi connectivity index (χ2n) is 6.12. The summed E-state index contributed by atoms with van der Waals surface area (Å²) in [5, 5.41) is 2.67. The van der Waals surface area contributed by atoms with E-state index in [1.165, 1.54) is 0 Å². The van der Waals surface area contributed by atoms with Gasteiger partial charge >= 0.3 is 5.97 Å². The van der Waals surface area contributed by atoms with Crippen molar-refractivity contribution >= 4 is 11.9 Å². The molecule has 0 saturated heterocycles. The van der Waals surface area contributed by atoms with Crippen LogP contribution in [0.25, 0.3) is 0 Å². The molecule has 1 aromatic rings. The predicted molar refractivity (Wildman–Crippen MR) is 77.6 cm³/mol. The van der Waals surface area contributed by atoms with Crippen LogP contribution in [0.1, 0.15) is 58.1 Å². The van der Waals surface area contributed by atoms with E-state index in [1.54, 1.807) is 33.8 Å². The molecule has 1 amide bonds. The molecule has 0 fully saturated rings. The van der Waals surface area contributed by atoms with Crippen molar-refractivity contribution in [2.24, 2.45) is 0 Å². The van der Waals surface area contributed by atoms with Crippen molar-refractivity contribution in [1.29, 1.82) is 0 Å². The van der Waals surface area contributed by atoms with E-state index in [9.17, 15) is 9.59 Å². The number of nitrogens with one attached hydrogen (secondary N) is 1. The molecular formula is C15H24N2O3. The largest absolute Gasteiger partial charge is 0.458 e. The Hall–Kier alpha value is -1.78. The molecule has 1 rings (SSSR count). The molecule has 1 atom stereocenters. The molecule has 0 aliphatic heterocycles. The van der Waals surface area contributed by atoms with Crippen molar-refractivity contribution in [3.05, 3.63) is 24.0 Å². The minimum Gasteiger partial charge on any atom is -0.458 e. The van der Waals surface area contributed by atoms with Gasteiger partial charge in [0.2, 0.25) is 0 Å². The van der Waals surface area contributed by atoms with Gasteiger partial charge in [0, 0.05) is 12.2 Å². The van der Waals surface area contributed by atoms with Gasteiger partial charge in [-0.3, -0.25) is 4.79 Å². The Morgan fingerprint density at radius 1 is 1.25 bits per heavy atom. The Balaban J connectivity index is 2.71. The molecule has 0 bridgehead atoms. The van der Waals surface area contributed by atoms with Gasteiger partial charge in [0.1, 0.15) is 17.3 Å². The molecule has 5 heteroatoms. The maximum atomic E-state index is 12.2. The van der Waals surface area contributed by atoms with Crippen LogP contribution in [0.2, 0.25) is 0 Å². The molecule has 112 valence electrons. The summed E-state index contributed by atoms with van der Waals surface area (Å²) < 4.78 is 7.09. The van der Waals surface area contributed by atoms with E-state index in [0.29, 0.717) is 5.69 Å². The van der Waals surface area contributed by atoms with Crippen LogP contribution in [0, 0.1) is 0 Å². The predicted octanol–water partition coefficient (Wildman–Crippen LogP) is 2.53. The third-order valence-electron chi connectivity index (χ3n) is 2.68. The third-order valence-corrected chi connectivity index (χ3v) is 2.68. The van der Waals surface area contributed by atoms with Gasteiger partial charge < -0.3 is 14.6 Å². The molecule has 0 spiro atoms. The highest BCUT2D eigenvalue weighted by molar-refractivity contribution is 5.95. The molecule has 0 aliphatic carbocycles. The first-order chi connectivity index (χ1) is 9.11. The summed E-state index contributed by atoms with van der Waals surface area (Å²) in [6, 6.07) is 3.05. The molecule has 0 aromatic carbocycles. The fraction of sp³-hybridized carbons (Fsp3) is 0.600. The van der Waals surface area contributed by atoms with Crippen LogP contribution >= 0.6 is 0 Å². The van der Waals surface area contributed by atoms with E-state index in [-0.39, 0.29) is 11.9 Å². The number of carbonyl (C=O) groups is 2. The number of ether oxygens (including phenoxy) is 1. The zero-order valence-electron chi connectivity index (χ0n) is 13.1. The van der Waals surface area contributed by atoms with Gasteiger partial charge in [0.15, 0.2) is 0 Å². The number of nitrogens with zero attached hydrogens (tertiary/aromatic N) is 1. The summed E-state index contributed by atoms with van der Waals surface area (Å²) in [6.07, 6.45) is 1.84. The van der Waals surface area contributed by atoms with E-state index in [0.717, 1.165) is 0 Å². The van der Waals surface area contributed by atoms with Crippen LogP contribution in [0.5, 0.6) is 0 Å². The lowest BCUT2D eigenvalue weighted by Crippen LogP contribution is -2.42. The Bertz CT molecular complexity index is 484. The number of rotatable bonds is 4. The van der Waals surface area contributed by atoms with Crippen LogP contribution in [0.4, 0.5) is 0 Å². The van der Waals surface area contributed by atoms with Gasteiger partial charge in [-0.15, -0.1) is 0 Å². The molecule has 5 nitrogen and oxygen atoms in total. The lowest BCUT2D eigenvalue weighted by Gasteiger charge is -2.23. The lowest BCUT2D eigenvalue weighted by atomic mass is 10.2. The zero-order valence-corrected chi connectivity index (χ0v) is 13.1. The summed E-state index contributed by atoms with van der Waals surface area (Å²) in [4.78, 5) is 24.0. The Kier molecular flexibility index (Phi) is 4.98. The standard InChI is InChI=1S/C15H24N2O3/c1-10(2)17-9-7-8-12(17)13(18)16-11(3)14(19)20-15(4,5)6/h7-11H,1-6H3,(H,16,18)/t11-/m0/s1. The number of carbonyl (C=O) groups excluding carboxylic acids is 2. The number of hydrogen-bond donors (Lipinski definition) is 1. The molecule has 0 unspecified atom stereocenters. The molecule has 0 radical (unpaired) electrons. The minimum atomic E-state index is -0.683. The third kappa shape index (κ3) is 4.40. The highest BCUT2D eigenvalue weighted by atomic mass is 16.6. The van der Waals surface area contributed by atoms with Crippen molar-refractivity contribution in [1.82, 2.24) is 9.88 Å². The second kappa shape index (κ2) is 6.11. The van der Waals surface area contributed by atoms with Crippen molar-refractivity contribution in [3.8, 4) is 0 Å². The molecule has 1 heterocycles. The van der Waals surface area contributed by atoms with E-state index < -0.39 is 17.6 Å². The van der Waals surface area contributed by atoms with Crippen LogP contribution < -0.4 is 5.32 Å². The molecule has 0 aliphatic rings. The topological polar surface area (TPSA) is 60.3 Å². The summed E-state index contributed by atoms with van der Waals surface area (Å²) in [5.74, 6) is -0.712. The van der Waals surface area contributed by atoms with Crippen LogP contribution in [0.15, 0.2) is 18.3 Å². The first-order valence-corrected chi connectivity index (χ1v) is 6.82. The smallest absolute Gasteiger partial charge is 0.328 e. The Morgan fingerprint density at radius 2 is 1.85 bits per heavy atom. The van der Waals surface area contributed by atoms with Gasteiger partial charge in [0.25, 0.3) is 5.91 Å². The molecule has 1 N–H and O–H groups in total. The van der Waals surface area contributed by atoms with E-state index >= 15 is 0 Å². The first-order valence-electron chi connectivity index (χ1n) is 6.82. The molecule has 0 saturated carbocycles. The second-order valence-corrected chi connectivity index (χ2v) is 6.12. The van der Waals surface area contributed by atoms with Crippen molar-refractivity contribution < 1.29 is 14.3 Å². The number of esters is 1. The average molecular weight is 280 g/mol. The van der Waals surface area contributed by atoms with E-state index in [1.807, 2.05) is 30.7 Å². The highest BCUT2D eigenvalue weighted by Gasteiger charge is 2.24. The van der Waals surface area contributed by atoms with Crippen molar-refractivity contribution in [3.63, 3.8) is 0 Å². The van der Waals surface area contributed by atoms with Gasteiger partial charge in [0.05, 0.1) is 0 Å². The summed E-state index contributed by atoms with van der Waals surface area (Å²) in [6.45, 7) is 11.0. The fourth-order valence-corrected chi connectivity index (χ4v) is 1.76. The zero-order chi connectivity index (χ0) is 15.5. The normalized spacial score (nSPS) is 13.2. The lowest BCUT2D eigenvalue weighted by molar-refractivity contribution is -0.156. The maximum absolute atomic E-state index is 12.2. The summed E-state index contributed by atoms with van der Waals surface area (Å²) >= 11 is 0. The van der Waals surface area contributed by atoms with Gasteiger partial charge in [-0.05, 0) is 53.7 Å². The van der Waals surface area contributed by atoms with Crippen LogP contribution in [0.3, 0.4) is 0 Å². The maximum Gasteiger partial charge on any atom is 0.328 e. The summed E-state index contributed by atoms with van der Waals surface area (Å²) in [7, 11) is 0. The highest BCUT2D eigenvalue weighted by Crippen LogP contribution is 2.12. The quantitative estimate of drug-likeness (QED) is 0.862. The molecular weight excluding hydrogens is 256 g/mol. The van der Waals surface area contributed by atoms with Gasteiger partial charge in [-0.1, -0.05) is 0 Å². The SMILES string of the molecule is CC(C)n1cccc1C(=O)N[C@@H](C)C(=O)OC(C)(C)C. The molecule has 1 aromatic heterocycles.